The molecular weight excluding hydrogens is 322 g/mol. The van der Waals surface area contributed by atoms with Crippen molar-refractivity contribution in [3.63, 3.8) is 0 Å². The van der Waals surface area contributed by atoms with Crippen molar-refractivity contribution < 1.29 is 13.6 Å². The maximum atomic E-state index is 6.48. The maximum absolute atomic E-state index is 6.48. The molecule has 0 radical (unpaired) electrons. The average Bonchev–Trinajstić information content (AvgIpc) is 2.64. The summed E-state index contributed by atoms with van der Waals surface area (Å²) in [6.07, 6.45) is 11.2. The smallest absolute Gasteiger partial charge is 0.284 e. The van der Waals surface area contributed by atoms with Crippen molar-refractivity contribution in [2.75, 3.05) is 39.3 Å². The molecule has 6 nitrogen and oxygen atoms in total. The molecule has 0 aliphatic carbocycles. The zero-order valence-corrected chi connectivity index (χ0v) is 16.4. The van der Waals surface area contributed by atoms with Crippen molar-refractivity contribution in [2.45, 2.75) is 70.8 Å². The molecule has 0 unspecified atom stereocenters. The van der Waals surface area contributed by atoms with Gasteiger partial charge < -0.3 is 0 Å². The molecule has 3 fully saturated rings. The molecule has 3 rings (SSSR count). The fourth-order valence-electron chi connectivity index (χ4n) is 3.70. The number of hydrogen-bond donors (Lipinski definition) is 0. The third-order valence-corrected chi connectivity index (χ3v) is 7.66. The van der Waals surface area contributed by atoms with Crippen LogP contribution in [0.25, 0.3) is 0 Å². The molecule has 0 amide bonds. The first-order valence-electron chi connectivity index (χ1n) is 10.1. The lowest BCUT2D eigenvalue weighted by Gasteiger charge is -2.41. The number of hydrogen-bond acceptors (Lipinski definition) is 6. The molecular formula is C17H35N3O3Si. The maximum Gasteiger partial charge on any atom is 0.552 e. The van der Waals surface area contributed by atoms with E-state index in [9.17, 15) is 0 Å². The van der Waals surface area contributed by atoms with Crippen molar-refractivity contribution in [2.24, 2.45) is 0 Å². The van der Waals surface area contributed by atoms with E-state index in [1.165, 1.54) is 57.8 Å². The molecule has 0 aromatic rings. The number of rotatable bonds is 7. The minimum atomic E-state index is -2.75. The Balaban J connectivity index is 1.65. The van der Waals surface area contributed by atoms with Crippen LogP contribution in [-0.4, -0.2) is 63.3 Å². The quantitative estimate of drug-likeness (QED) is 0.652. The molecule has 0 N–H and O–H groups in total. The highest BCUT2D eigenvalue weighted by Crippen LogP contribution is 2.25. The fraction of sp³-hybridized carbons (Fsp3) is 1.00. The molecule has 0 saturated carbocycles. The van der Waals surface area contributed by atoms with Crippen LogP contribution in [0.4, 0.5) is 0 Å². The number of piperidine rings is 3. The van der Waals surface area contributed by atoms with E-state index in [1.54, 1.807) is 0 Å². The molecule has 140 valence electrons. The first kappa shape index (κ1) is 18.8. The monoisotopic (exact) mass is 357 g/mol. The minimum absolute atomic E-state index is 0.816. The Bertz CT molecular complexity index is 307. The van der Waals surface area contributed by atoms with Crippen LogP contribution in [0.15, 0.2) is 0 Å². The van der Waals surface area contributed by atoms with Gasteiger partial charge in [-0.25, -0.2) is 0 Å². The van der Waals surface area contributed by atoms with Gasteiger partial charge in [-0.2, -0.15) is 15.2 Å². The van der Waals surface area contributed by atoms with Crippen LogP contribution < -0.4 is 0 Å². The van der Waals surface area contributed by atoms with E-state index in [-0.39, 0.29) is 0 Å². The summed E-state index contributed by atoms with van der Waals surface area (Å²) in [5.41, 5.74) is 0. The van der Waals surface area contributed by atoms with E-state index < -0.39 is 8.80 Å². The standard InChI is InChI=1S/C17H35N3O3Si/c1-2-24(21-18-12-6-3-7-13-18,22-19-14-8-4-9-15-19)23-20-16-10-5-11-17-20/h2-17H2,1H3. The first-order chi connectivity index (χ1) is 11.8. The normalized spacial score (nSPS) is 25.9. The molecule has 0 atom stereocenters. The third-order valence-electron chi connectivity index (χ3n) is 5.18. The highest BCUT2D eigenvalue weighted by atomic mass is 28.4. The Morgan fingerprint density at radius 1 is 0.542 bits per heavy atom. The largest absolute Gasteiger partial charge is 0.552 e. The zero-order chi connectivity index (χ0) is 16.7. The van der Waals surface area contributed by atoms with E-state index in [4.69, 9.17) is 13.6 Å². The molecule has 7 heteroatoms. The predicted molar refractivity (Wildman–Crippen MR) is 95.8 cm³/mol. The van der Waals surface area contributed by atoms with Gasteiger partial charge in [0.1, 0.15) is 0 Å². The van der Waals surface area contributed by atoms with Crippen molar-refractivity contribution in [1.82, 2.24) is 15.2 Å². The summed E-state index contributed by atoms with van der Waals surface area (Å²) in [5, 5.41) is 6.35. The zero-order valence-electron chi connectivity index (χ0n) is 15.4. The van der Waals surface area contributed by atoms with Gasteiger partial charge in [0, 0.05) is 45.3 Å². The molecule has 0 spiro atoms. The van der Waals surface area contributed by atoms with Crippen LogP contribution in [0.2, 0.25) is 6.04 Å². The Labute approximate surface area is 148 Å². The second-order valence-corrected chi connectivity index (χ2v) is 9.90. The van der Waals surface area contributed by atoms with Gasteiger partial charge in [-0.05, 0) is 38.5 Å². The van der Waals surface area contributed by atoms with Gasteiger partial charge in [0.15, 0.2) is 0 Å². The van der Waals surface area contributed by atoms with E-state index in [1.807, 2.05) is 0 Å². The Morgan fingerprint density at radius 2 is 0.833 bits per heavy atom. The molecule has 3 aliphatic rings. The average molecular weight is 358 g/mol. The summed E-state index contributed by atoms with van der Waals surface area (Å²) >= 11 is 0. The second kappa shape index (κ2) is 9.61. The molecule has 3 heterocycles. The summed E-state index contributed by atoms with van der Waals surface area (Å²) in [5.74, 6) is 0. The van der Waals surface area contributed by atoms with Crippen molar-refractivity contribution in [3.05, 3.63) is 0 Å². The molecule has 0 aromatic carbocycles. The minimum Gasteiger partial charge on any atom is -0.284 e. The fourth-order valence-corrected chi connectivity index (χ4v) is 5.92. The third kappa shape index (κ3) is 5.49. The van der Waals surface area contributed by atoms with Gasteiger partial charge in [0.05, 0.1) is 0 Å². The van der Waals surface area contributed by atoms with Gasteiger partial charge in [-0.15, -0.1) is 0 Å². The van der Waals surface area contributed by atoms with Crippen LogP contribution in [0.1, 0.15) is 64.7 Å². The second-order valence-electron chi connectivity index (χ2n) is 7.28. The topological polar surface area (TPSA) is 37.4 Å². The molecule has 3 saturated heterocycles. The predicted octanol–water partition coefficient (Wildman–Crippen LogP) is 3.20. The summed E-state index contributed by atoms with van der Waals surface area (Å²) < 4.78 is 19.4. The van der Waals surface area contributed by atoms with Gasteiger partial charge in [0.25, 0.3) is 0 Å². The Hall–Kier alpha value is -0.0231. The number of hydroxylamine groups is 6. The van der Waals surface area contributed by atoms with Gasteiger partial charge in [0.2, 0.25) is 0 Å². The van der Waals surface area contributed by atoms with Crippen molar-refractivity contribution >= 4 is 8.80 Å². The highest BCUT2D eigenvalue weighted by molar-refractivity contribution is 6.60. The van der Waals surface area contributed by atoms with Crippen LogP contribution in [0.3, 0.4) is 0 Å². The Morgan fingerprint density at radius 3 is 1.08 bits per heavy atom. The van der Waals surface area contributed by atoms with E-state index in [0.717, 1.165) is 45.3 Å². The SMILES string of the molecule is CC[Si](ON1CCCCC1)(ON1CCCCC1)ON1CCCCC1. The van der Waals surface area contributed by atoms with Gasteiger partial charge in [-0.3, -0.25) is 13.6 Å². The molecule has 3 aliphatic heterocycles. The summed E-state index contributed by atoms with van der Waals surface area (Å²) in [6, 6.07) is 0.816. The lowest BCUT2D eigenvalue weighted by molar-refractivity contribution is -0.235. The van der Waals surface area contributed by atoms with Gasteiger partial charge in [-0.1, -0.05) is 26.2 Å². The van der Waals surface area contributed by atoms with Crippen molar-refractivity contribution in [1.29, 1.82) is 0 Å². The molecule has 0 bridgehead atoms. The first-order valence-corrected chi connectivity index (χ1v) is 12.0. The van der Waals surface area contributed by atoms with Crippen LogP contribution in [-0.2, 0) is 13.6 Å². The van der Waals surface area contributed by atoms with E-state index >= 15 is 0 Å². The summed E-state index contributed by atoms with van der Waals surface area (Å²) in [4.78, 5) is 0. The highest BCUT2D eigenvalue weighted by Gasteiger charge is 2.47. The molecule has 24 heavy (non-hydrogen) atoms. The van der Waals surface area contributed by atoms with Crippen LogP contribution in [0.5, 0.6) is 0 Å². The van der Waals surface area contributed by atoms with E-state index in [2.05, 4.69) is 22.1 Å². The molecule has 0 aromatic heterocycles. The van der Waals surface area contributed by atoms with E-state index in [0.29, 0.717) is 0 Å². The number of nitrogens with zero attached hydrogens (tertiary/aromatic N) is 3. The van der Waals surface area contributed by atoms with Gasteiger partial charge >= 0.3 is 8.80 Å². The summed E-state index contributed by atoms with van der Waals surface area (Å²) in [6.45, 7) is 8.17. The van der Waals surface area contributed by atoms with Crippen LogP contribution in [0, 0.1) is 0 Å². The lowest BCUT2D eigenvalue weighted by Crippen LogP contribution is -2.58. The van der Waals surface area contributed by atoms with Crippen molar-refractivity contribution in [3.8, 4) is 0 Å². The van der Waals surface area contributed by atoms with Crippen LogP contribution >= 0.6 is 0 Å². The Kier molecular flexibility index (Phi) is 7.51. The summed E-state index contributed by atoms with van der Waals surface area (Å²) in [7, 11) is -2.75. The lowest BCUT2D eigenvalue weighted by atomic mass is 10.2.